The lowest BCUT2D eigenvalue weighted by Gasteiger charge is -2.07. The first-order valence-corrected chi connectivity index (χ1v) is 9.51. The van der Waals surface area contributed by atoms with E-state index in [0.29, 0.717) is 23.2 Å². The van der Waals surface area contributed by atoms with E-state index in [0.717, 1.165) is 15.7 Å². The fraction of sp³-hybridized carbons (Fsp3) is 0.312. The Morgan fingerprint density at radius 3 is 2.92 bits per heavy atom. The molecule has 3 aromatic rings. The number of hydrogen-bond donors (Lipinski definition) is 1. The minimum Gasteiger partial charge on any atom is -0.345 e. The van der Waals surface area contributed by atoms with Gasteiger partial charge in [-0.2, -0.15) is 5.10 Å². The second kappa shape index (κ2) is 7.75. The van der Waals surface area contributed by atoms with E-state index in [1.165, 1.54) is 17.7 Å². The standard InChI is InChI=1S/C16H18N6OS2/c1-10(2)25-14-6-13(19-9-20-14)22-11(3)12(7-21-22)16(23)18-8-15-17-4-5-24-15/h4-7,9-10H,8H2,1-3H3,(H,18,23). The van der Waals surface area contributed by atoms with Gasteiger partial charge in [-0.15, -0.1) is 23.1 Å². The van der Waals surface area contributed by atoms with Gasteiger partial charge in [0.2, 0.25) is 0 Å². The third kappa shape index (κ3) is 4.23. The molecule has 1 amide bonds. The van der Waals surface area contributed by atoms with E-state index >= 15 is 0 Å². The van der Waals surface area contributed by atoms with Crippen molar-refractivity contribution in [1.82, 2.24) is 30.0 Å². The van der Waals surface area contributed by atoms with Gasteiger partial charge in [-0.05, 0) is 6.92 Å². The lowest BCUT2D eigenvalue weighted by atomic mass is 10.2. The topological polar surface area (TPSA) is 85.6 Å². The van der Waals surface area contributed by atoms with E-state index in [9.17, 15) is 4.79 Å². The lowest BCUT2D eigenvalue weighted by molar-refractivity contribution is 0.0950. The molecule has 3 aromatic heterocycles. The van der Waals surface area contributed by atoms with E-state index < -0.39 is 0 Å². The maximum absolute atomic E-state index is 12.4. The molecular formula is C16H18N6OS2. The Balaban J connectivity index is 1.77. The van der Waals surface area contributed by atoms with Crippen molar-refractivity contribution in [2.75, 3.05) is 0 Å². The summed E-state index contributed by atoms with van der Waals surface area (Å²) in [6, 6.07) is 1.88. The molecule has 0 bridgehead atoms. The number of carbonyl (C=O) groups excluding carboxylic acids is 1. The van der Waals surface area contributed by atoms with E-state index in [4.69, 9.17) is 0 Å². The highest BCUT2D eigenvalue weighted by molar-refractivity contribution is 7.99. The van der Waals surface area contributed by atoms with Gasteiger partial charge in [-0.1, -0.05) is 13.8 Å². The molecule has 0 spiro atoms. The highest BCUT2D eigenvalue weighted by Gasteiger charge is 2.16. The zero-order valence-corrected chi connectivity index (χ0v) is 15.8. The van der Waals surface area contributed by atoms with Crippen LogP contribution in [0.15, 0.2) is 35.2 Å². The van der Waals surface area contributed by atoms with Gasteiger partial charge in [-0.25, -0.2) is 19.6 Å². The summed E-state index contributed by atoms with van der Waals surface area (Å²) < 4.78 is 1.66. The van der Waals surface area contributed by atoms with Crippen molar-refractivity contribution < 1.29 is 4.79 Å². The van der Waals surface area contributed by atoms with Gasteiger partial charge in [-0.3, -0.25) is 4.79 Å². The van der Waals surface area contributed by atoms with Crippen molar-refractivity contribution in [1.29, 1.82) is 0 Å². The molecule has 0 fully saturated rings. The number of nitrogens with zero attached hydrogens (tertiary/aromatic N) is 5. The Bertz CT molecular complexity index is 859. The number of amides is 1. The largest absolute Gasteiger partial charge is 0.345 e. The number of aromatic nitrogens is 5. The second-order valence-corrected chi connectivity index (χ2v) is 8.12. The first-order valence-electron chi connectivity index (χ1n) is 7.75. The van der Waals surface area contributed by atoms with E-state index in [1.807, 2.05) is 18.4 Å². The van der Waals surface area contributed by atoms with Crippen LogP contribution in [0, 0.1) is 6.92 Å². The minimum absolute atomic E-state index is 0.176. The molecule has 130 valence electrons. The molecule has 0 aliphatic heterocycles. The average Bonchev–Trinajstić information content (AvgIpc) is 3.22. The summed E-state index contributed by atoms with van der Waals surface area (Å²) in [5.41, 5.74) is 1.25. The molecule has 9 heteroatoms. The van der Waals surface area contributed by atoms with Crippen LogP contribution in [0.1, 0.15) is 34.9 Å². The normalized spacial score (nSPS) is 11.0. The zero-order valence-electron chi connectivity index (χ0n) is 14.1. The van der Waals surface area contributed by atoms with Crippen molar-refractivity contribution in [3.05, 3.63) is 46.4 Å². The number of thioether (sulfide) groups is 1. The number of thiazole rings is 1. The average molecular weight is 374 g/mol. The summed E-state index contributed by atoms with van der Waals surface area (Å²) in [6.45, 7) is 6.47. The predicted octanol–water partition coefficient (Wildman–Crippen LogP) is 2.86. The maximum atomic E-state index is 12.4. The molecule has 0 atom stereocenters. The van der Waals surface area contributed by atoms with Gasteiger partial charge in [0, 0.05) is 22.9 Å². The quantitative estimate of drug-likeness (QED) is 0.527. The Kier molecular flexibility index (Phi) is 5.44. The van der Waals surface area contributed by atoms with Crippen LogP contribution in [-0.2, 0) is 6.54 Å². The van der Waals surface area contributed by atoms with Gasteiger partial charge < -0.3 is 5.32 Å². The third-order valence-corrected chi connectivity index (χ3v) is 5.05. The van der Waals surface area contributed by atoms with Gasteiger partial charge in [0.05, 0.1) is 24.0 Å². The summed E-state index contributed by atoms with van der Waals surface area (Å²) in [6.07, 6.45) is 4.80. The number of rotatable bonds is 6. The molecule has 25 heavy (non-hydrogen) atoms. The highest BCUT2D eigenvalue weighted by Crippen LogP contribution is 2.22. The van der Waals surface area contributed by atoms with Crippen LogP contribution in [0.5, 0.6) is 0 Å². The van der Waals surface area contributed by atoms with Crippen molar-refractivity contribution in [2.24, 2.45) is 0 Å². The molecular weight excluding hydrogens is 356 g/mol. The number of hydrogen-bond acceptors (Lipinski definition) is 7. The van der Waals surface area contributed by atoms with Crippen molar-refractivity contribution in [3.63, 3.8) is 0 Å². The van der Waals surface area contributed by atoms with Crippen LogP contribution >= 0.6 is 23.1 Å². The number of carbonyl (C=O) groups is 1. The molecule has 1 N–H and O–H groups in total. The fourth-order valence-electron chi connectivity index (χ4n) is 2.21. The summed E-state index contributed by atoms with van der Waals surface area (Å²) >= 11 is 3.16. The van der Waals surface area contributed by atoms with Gasteiger partial charge >= 0.3 is 0 Å². The van der Waals surface area contributed by atoms with Gasteiger partial charge in [0.25, 0.3) is 5.91 Å². The molecule has 0 aromatic carbocycles. The monoisotopic (exact) mass is 374 g/mol. The Hall–Kier alpha value is -2.26. The molecule has 0 aliphatic carbocycles. The first kappa shape index (κ1) is 17.6. The Labute approximate surface area is 153 Å². The van der Waals surface area contributed by atoms with Gasteiger partial charge in [0.15, 0.2) is 5.82 Å². The van der Waals surface area contributed by atoms with Crippen LogP contribution in [-0.4, -0.2) is 35.9 Å². The molecule has 0 radical (unpaired) electrons. The van der Waals surface area contributed by atoms with Crippen LogP contribution in [0.2, 0.25) is 0 Å². The van der Waals surface area contributed by atoms with Crippen LogP contribution < -0.4 is 5.32 Å². The molecule has 0 saturated carbocycles. The van der Waals surface area contributed by atoms with Crippen LogP contribution in [0.4, 0.5) is 0 Å². The molecule has 7 nitrogen and oxygen atoms in total. The van der Waals surface area contributed by atoms with E-state index in [1.54, 1.807) is 28.8 Å². The lowest BCUT2D eigenvalue weighted by Crippen LogP contribution is -2.23. The van der Waals surface area contributed by atoms with Gasteiger partial charge in [0.1, 0.15) is 16.4 Å². The van der Waals surface area contributed by atoms with Crippen molar-refractivity contribution in [2.45, 2.75) is 37.6 Å². The molecule has 3 rings (SSSR count). The van der Waals surface area contributed by atoms with E-state index in [-0.39, 0.29) is 5.91 Å². The Morgan fingerprint density at radius 1 is 1.36 bits per heavy atom. The SMILES string of the molecule is Cc1c(C(=O)NCc2nccs2)cnn1-c1cc(SC(C)C)ncn1. The summed E-state index contributed by atoms with van der Waals surface area (Å²) in [5.74, 6) is 0.472. The molecule has 0 aliphatic rings. The molecule has 3 heterocycles. The smallest absolute Gasteiger partial charge is 0.255 e. The minimum atomic E-state index is -0.176. The highest BCUT2D eigenvalue weighted by atomic mass is 32.2. The summed E-state index contributed by atoms with van der Waals surface area (Å²) in [4.78, 5) is 25.1. The Morgan fingerprint density at radius 2 is 2.20 bits per heavy atom. The summed E-state index contributed by atoms with van der Waals surface area (Å²) in [5, 5.41) is 11.2. The summed E-state index contributed by atoms with van der Waals surface area (Å²) in [7, 11) is 0. The number of nitrogens with one attached hydrogen (secondary N) is 1. The molecule has 0 saturated heterocycles. The first-order chi connectivity index (χ1) is 12.0. The third-order valence-electron chi connectivity index (χ3n) is 3.34. The molecule has 0 unspecified atom stereocenters. The van der Waals surface area contributed by atoms with Crippen LogP contribution in [0.25, 0.3) is 5.82 Å². The predicted molar refractivity (Wildman–Crippen MR) is 98.2 cm³/mol. The second-order valence-electron chi connectivity index (χ2n) is 5.55. The van der Waals surface area contributed by atoms with Crippen LogP contribution in [0.3, 0.4) is 0 Å². The zero-order chi connectivity index (χ0) is 17.8. The van der Waals surface area contributed by atoms with Crippen molar-refractivity contribution in [3.8, 4) is 5.82 Å². The fourth-order valence-corrected chi connectivity index (χ4v) is 3.53. The maximum Gasteiger partial charge on any atom is 0.255 e. The van der Waals surface area contributed by atoms with E-state index in [2.05, 4.69) is 39.2 Å². The van der Waals surface area contributed by atoms with Crippen molar-refractivity contribution >= 4 is 29.0 Å².